The summed E-state index contributed by atoms with van der Waals surface area (Å²) in [6, 6.07) is 8.45. The highest BCUT2D eigenvalue weighted by molar-refractivity contribution is 8.93. The zero-order valence-electron chi connectivity index (χ0n) is 9.37. The van der Waals surface area contributed by atoms with Crippen LogP contribution in [0, 0.1) is 6.92 Å². The SMILES string of the molecule is Br.CN=C(NC)NCc1ccc(C)cc1. The minimum Gasteiger partial charge on any atom is -0.359 e. The first-order valence-corrected chi connectivity index (χ1v) is 4.70. The average molecular weight is 272 g/mol. The number of benzene rings is 1. The lowest BCUT2D eigenvalue weighted by Gasteiger charge is -2.08. The van der Waals surface area contributed by atoms with Crippen LogP contribution in [0.5, 0.6) is 0 Å². The fourth-order valence-electron chi connectivity index (χ4n) is 1.17. The summed E-state index contributed by atoms with van der Waals surface area (Å²) in [5, 5.41) is 6.17. The van der Waals surface area contributed by atoms with E-state index in [1.54, 1.807) is 7.05 Å². The van der Waals surface area contributed by atoms with E-state index < -0.39 is 0 Å². The third kappa shape index (κ3) is 4.83. The number of halogens is 1. The van der Waals surface area contributed by atoms with Gasteiger partial charge in [-0.05, 0) is 12.5 Å². The molecule has 0 unspecified atom stereocenters. The third-order valence-electron chi connectivity index (χ3n) is 2.04. The second-order valence-corrected chi connectivity index (χ2v) is 3.16. The van der Waals surface area contributed by atoms with Gasteiger partial charge in [0.1, 0.15) is 0 Å². The Kier molecular flexibility index (Phi) is 6.79. The van der Waals surface area contributed by atoms with E-state index in [0.717, 1.165) is 12.5 Å². The molecule has 0 heterocycles. The molecule has 0 spiro atoms. The lowest BCUT2D eigenvalue weighted by atomic mass is 10.1. The zero-order chi connectivity index (χ0) is 10.4. The van der Waals surface area contributed by atoms with Crippen LogP contribution >= 0.6 is 17.0 Å². The first-order chi connectivity index (χ1) is 6.76. The molecule has 2 N–H and O–H groups in total. The Labute approximate surface area is 102 Å². The van der Waals surface area contributed by atoms with Gasteiger partial charge in [0, 0.05) is 20.6 Å². The Morgan fingerprint density at radius 1 is 1.27 bits per heavy atom. The number of nitrogens with one attached hydrogen (secondary N) is 2. The molecular weight excluding hydrogens is 254 g/mol. The van der Waals surface area contributed by atoms with Crippen molar-refractivity contribution < 1.29 is 0 Å². The summed E-state index contributed by atoms with van der Waals surface area (Å²) < 4.78 is 0. The van der Waals surface area contributed by atoms with E-state index in [9.17, 15) is 0 Å². The number of hydrogen-bond acceptors (Lipinski definition) is 1. The molecule has 0 radical (unpaired) electrons. The highest BCUT2D eigenvalue weighted by atomic mass is 79.9. The topological polar surface area (TPSA) is 36.4 Å². The van der Waals surface area contributed by atoms with Crippen molar-refractivity contribution in [3.63, 3.8) is 0 Å². The summed E-state index contributed by atoms with van der Waals surface area (Å²) in [4.78, 5) is 4.03. The molecule has 1 rings (SSSR count). The molecule has 0 saturated carbocycles. The van der Waals surface area contributed by atoms with Gasteiger partial charge in [-0.25, -0.2) is 0 Å². The number of hydrogen-bond donors (Lipinski definition) is 2. The minimum atomic E-state index is 0. The van der Waals surface area contributed by atoms with Crippen LogP contribution in [0.4, 0.5) is 0 Å². The molecule has 0 atom stereocenters. The van der Waals surface area contributed by atoms with Crippen molar-refractivity contribution >= 4 is 22.9 Å². The van der Waals surface area contributed by atoms with Gasteiger partial charge in [0.15, 0.2) is 5.96 Å². The van der Waals surface area contributed by atoms with Gasteiger partial charge < -0.3 is 10.6 Å². The molecule has 3 nitrogen and oxygen atoms in total. The quantitative estimate of drug-likeness (QED) is 0.637. The molecule has 0 fully saturated rings. The second-order valence-electron chi connectivity index (χ2n) is 3.16. The molecule has 84 valence electrons. The van der Waals surface area contributed by atoms with Crippen LogP contribution in [0.2, 0.25) is 0 Å². The summed E-state index contributed by atoms with van der Waals surface area (Å²) in [5.74, 6) is 0.811. The normalized spacial score (nSPS) is 10.5. The summed E-state index contributed by atoms with van der Waals surface area (Å²) >= 11 is 0. The molecule has 0 aliphatic heterocycles. The van der Waals surface area contributed by atoms with E-state index in [-0.39, 0.29) is 17.0 Å². The second kappa shape index (κ2) is 7.29. The van der Waals surface area contributed by atoms with Gasteiger partial charge in [-0.1, -0.05) is 29.8 Å². The zero-order valence-corrected chi connectivity index (χ0v) is 11.1. The van der Waals surface area contributed by atoms with Crippen LogP contribution in [0.1, 0.15) is 11.1 Å². The largest absolute Gasteiger partial charge is 0.359 e. The summed E-state index contributed by atoms with van der Waals surface area (Å²) in [7, 11) is 3.61. The van der Waals surface area contributed by atoms with Crippen LogP contribution in [0.15, 0.2) is 29.3 Å². The van der Waals surface area contributed by atoms with Crippen molar-refractivity contribution in [2.45, 2.75) is 13.5 Å². The van der Waals surface area contributed by atoms with E-state index in [2.05, 4.69) is 46.8 Å². The lowest BCUT2D eigenvalue weighted by Crippen LogP contribution is -2.34. The maximum absolute atomic E-state index is 4.03. The molecule has 1 aromatic rings. The average Bonchev–Trinajstić information content (AvgIpc) is 2.22. The van der Waals surface area contributed by atoms with E-state index in [1.165, 1.54) is 11.1 Å². The highest BCUT2D eigenvalue weighted by Gasteiger charge is 1.94. The van der Waals surface area contributed by atoms with Crippen LogP contribution in [-0.2, 0) is 6.54 Å². The number of aliphatic imine (C=N–C) groups is 1. The molecular formula is C11H18BrN3. The van der Waals surface area contributed by atoms with Gasteiger partial charge in [0.2, 0.25) is 0 Å². The fourth-order valence-corrected chi connectivity index (χ4v) is 1.17. The Morgan fingerprint density at radius 3 is 2.33 bits per heavy atom. The Hall–Kier alpha value is -1.03. The molecule has 15 heavy (non-hydrogen) atoms. The van der Waals surface area contributed by atoms with Crippen LogP contribution in [0.25, 0.3) is 0 Å². The molecule has 0 aromatic heterocycles. The van der Waals surface area contributed by atoms with Crippen LogP contribution in [0.3, 0.4) is 0 Å². The highest BCUT2D eigenvalue weighted by Crippen LogP contribution is 2.01. The van der Waals surface area contributed by atoms with E-state index >= 15 is 0 Å². The molecule has 0 amide bonds. The van der Waals surface area contributed by atoms with Gasteiger partial charge in [-0.15, -0.1) is 17.0 Å². The standard InChI is InChI=1S/C11H17N3.BrH/c1-9-4-6-10(7-5-9)8-14-11(12-2)13-3;/h4-7H,8H2,1-3H3,(H2,12,13,14);1H. The smallest absolute Gasteiger partial charge is 0.190 e. The molecule has 0 aliphatic rings. The number of guanidine groups is 1. The van der Waals surface area contributed by atoms with Crippen molar-refractivity contribution in [1.82, 2.24) is 10.6 Å². The van der Waals surface area contributed by atoms with E-state index in [4.69, 9.17) is 0 Å². The summed E-state index contributed by atoms with van der Waals surface area (Å²) in [5.41, 5.74) is 2.54. The van der Waals surface area contributed by atoms with Crippen LogP contribution < -0.4 is 10.6 Å². The third-order valence-corrected chi connectivity index (χ3v) is 2.04. The monoisotopic (exact) mass is 271 g/mol. The van der Waals surface area contributed by atoms with Crippen LogP contribution in [-0.4, -0.2) is 20.1 Å². The summed E-state index contributed by atoms with van der Waals surface area (Å²) in [6.07, 6.45) is 0. The summed E-state index contributed by atoms with van der Waals surface area (Å²) in [6.45, 7) is 2.89. The maximum atomic E-state index is 4.03. The molecule has 0 bridgehead atoms. The first kappa shape index (κ1) is 14.0. The molecule has 0 saturated heterocycles. The van der Waals surface area contributed by atoms with Crippen molar-refractivity contribution in [2.75, 3.05) is 14.1 Å². The van der Waals surface area contributed by atoms with Gasteiger partial charge in [-0.3, -0.25) is 4.99 Å². The number of aryl methyl sites for hydroxylation is 1. The minimum absolute atomic E-state index is 0. The number of nitrogens with zero attached hydrogens (tertiary/aromatic N) is 1. The van der Waals surface area contributed by atoms with E-state index in [0.29, 0.717) is 0 Å². The fraction of sp³-hybridized carbons (Fsp3) is 0.364. The van der Waals surface area contributed by atoms with Gasteiger partial charge in [0.25, 0.3) is 0 Å². The van der Waals surface area contributed by atoms with E-state index in [1.807, 2.05) is 7.05 Å². The first-order valence-electron chi connectivity index (χ1n) is 4.70. The Morgan fingerprint density at radius 2 is 1.87 bits per heavy atom. The predicted molar refractivity (Wildman–Crippen MR) is 70.8 cm³/mol. The molecule has 1 aromatic carbocycles. The van der Waals surface area contributed by atoms with Gasteiger partial charge in [-0.2, -0.15) is 0 Å². The number of rotatable bonds is 2. The predicted octanol–water partition coefficient (Wildman–Crippen LogP) is 1.87. The van der Waals surface area contributed by atoms with Crippen molar-refractivity contribution in [2.24, 2.45) is 4.99 Å². The van der Waals surface area contributed by atoms with Crippen molar-refractivity contribution in [3.8, 4) is 0 Å². The Bertz CT molecular complexity index is 306. The molecule has 0 aliphatic carbocycles. The van der Waals surface area contributed by atoms with Crippen molar-refractivity contribution in [1.29, 1.82) is 0 Å². The Balaban J connectivity index is 0.00000196. The van der Waals surface area contributed by atoms with Gasteiger partial charge >= 0.3 is 0 Å². The van der Waals surface area contributed by atoms with Gasteiger partial charge in [0.05, 0.1) is 0 Å². The lowest BCUT2D eigenvalue weighted by molar-refractivity contribution is 0.866. The maximum Gasteiger partial charge on any atom is 0.190 e. The molecule has 4 heteroatoms. The van der Waals surface area contributed by atoms with Crippen molar-refractivity contribution in [3.05, 3.63) is 35.4 Å².